The number of anilines is 2. The Labute approximate surface area is 144 Å². The maximum absolute atomic E-state index is 13.8. The molecule has 0 saturated carbocycles. The van der Waals surface area contributed by atoms with Gasteiger partial charge in [0.25, 0.3) is 0 Å². The molecule has 0 aliphatic carbocycles. The Kier molecular flexibility index (Phi) is 3.77. The van der Waals surface area contributed by atoms with Gasteiger partial charge in [0.2, 0.25) is 10.1 Å². The summed E-state index contributed by atoms with van der Waals surface area (Å²) >= 11 is 1.17. The first-order chi connectivity index (χ1) is 12.1. The number of aromatic nitrogens is 4. The lowest BCUT2D eigenvalue weighted by Gasteiger charge is -2.03. The third kappa shape index (κ3) is 3.01. The zero-order valence-corrected chi connectivity index (χ0v) is 13.5. The molecular formula is C16H11F2N5OS. The lowest BCUT2D eigenvalue weighted by Crippen LogP contribution is -2.00. The van der Waals surface area contributed by atoms with Crippen LogP contribution in [-0.2, 0) is 6.42 Å². The Bertz CT molecular complexity index is 1060. The molecule has 0 aliphatic heterocycles. The Morgan fingerprint density at radius 1 is 1.12 bits per heavy atom. The molecule has 2 N–H and O–H groups in total. The second-order valence-electron chi connectivity index (χ2n) is 5.29. The van der Waals surface area contributed by atoms with Crippen LogP contribution in [-0.4, -0.2) is 24.9 Å². The van der Waals surface area contributed by atoms with Crippen molar-refractivity contribution < 1.29 is 13.9 Å². The number of rotatable bonds is 4. The summed E-state index contributed by atoms with van der Waals surface area (Å²) in [6.45, 7) is 0. The Balaban J connectivity index is 1.63. The van der Waals surface area contributed by atoms with Gasteiger partial charge in [0.05, 0.1) is 5.69 Å². The van der Waals surface area contributed by atoms with Crippen LogP contribution in [0.3, 0.4) is 0 Å². The van der Waals surface area contributed by atoms with Crippen molar-refractivity contribution in [2.24, 2.45) is 0 Å². The fraction of sp³-hybridized carbons (Fsp3) is 0.0625. The Hall–Kier alpha value is -3.07. The smallest absolute Gasteiger partial charge is 0.236 e. The normalized spacial score (nSPS) is 11.1. The minimum Gasteiger partial charge on any atom is -0.508 e. The predicted octanol–water partition coefficient (Wildman–Crippen LogP) is 3.50. The van der Waals surface area contributed by atoms with Crippen LogP contribution in [0.5, 0.6) is 5.75 Å². The number of halogens is 2. The second kappa shape index (κ2) is 6.10. The van der Waals surface area contributed by atoms with E-state index in [4.69, 9.17) is 0 Å². The van der Waals surface area contributed by atoms with E-state index < -0.39 is 11.6 Å². The molecule has 4 rings (SSSR count). The zero-order chi connectivity index (χ0) is 17.4. The van der Waals surface area contributed by atoms with Crippen LogP contribution in [0.25, 0.3) is 4.96 Å². The van der Waals surface area contributed by atoms with Crippen molar-refractivity contribution in [3.05, 3.63) is 65.5 Å². The first-order valence-electron chi connectivity index (χ1n) is 7.30. The van der Waals surface area contributed by atoms with Gasteiger partial charge in [0.1, 0.15) is 5.75 Å². The van der Waals surface area contributed by atoms with Gasteiger partial charge in [-0.3, -0.25) is 0 Å². The Morgan fingerprint density at radius 2 is 1.96 bits per heavy atom. The van der Waals surface area contributed by atoms with Gasteiger partial charge in [0.15, 0.2) is 17.5 Å². The summed E-state index contributed by atoms with van der Waals surface area (Å²) in [4.78, 5) is 0.523. The van der Waals surface area contributed by atoms with Gasteiger partial charge in [-0.15, -0.1) is 15.3 Å². The first kappa shape index (κ1) is 15.5. The quantitative estimate of drug-likeness (QED) is 0.583. The highest BCUT2D eigenvalue weighted by Gasteiger charge is 2.14. The minimum atomic E-state index is -0.964. The highest BCUT2D eigenvalue weighted by molar-refractivity contribution is 7.20. The highest BCUT2D eigenvalue weighted by atomic mass is 32.1. The Morgan fingerprint density at radius 3 is 2.80 bits per heavy atom. The fourth-order valence-corrected chi connectivity index (χ4v) is 3.15. The van der Waals surface area contributed by atoms with Crippen molar-refractivity contribution in [3.63, 3.8) is 0 Å². The van der Waals surface area contributed by atoms with E-state index in [0.717, 1.165) is 11.6 Å². The molecule has 4 aromatic rings. The maximum atomic E-state index is 13.8. The van der Waals surface area contributed by atoms with E-state index in [2.05, 4.69) is 20.6 Å². The number of phenolic OH excluding ortho intramolecular Hbond substituents is 1. The summed E-state index contributed by atoms with van der Waals surface area (Å²) in [6.07, 6.45) is 0.424. The molecule has 2 aromatic carbocycles. The molecule has 0 saturated heterocycles. The molecule has 25 heavy (non-hydrogen) atoms. The van der Waals surface area contributed by atoms with Crippen molar-refractivity contribution >= 4 is 27.1 Å². The lowest BCUT2D eigenvalue weighted by atomic mass is 10.1. The van der Waals surface area contributed by atoms with E-state index in [1.54, 1.807) is 18.2 Å². The minimum absolute atomic E-state index is 0.000469. The molecule has 0 amide bonds. The van der Waals surface area contributed by atoms with E-state index in [0.29, 0.717) is 22.3 Å². The first-order valence-corrected chi connectivity index (χ1v) is 8.12. The average molecular weight is 359 g/mol. The average Bonchev–Trinajstić information content (AvgIpc) is 3.13. The third-order valence-electron chi connectivity index (χ3n) is 3.52. The van der Waals surface area contributed by atoms with Gasteiger partial charge >= 0.3 is 0 Å². The van der Waals surface area contributed by atoms with Crippen LogP contribution in [0.1, 0.15) is 11.4 Å². The van der Waals surface area contributed by atoms with Gasteiger partial charge in [-0.25, -0.2) is 8.78 Å². The molecule has 0 fully saturated rings. The van der Waals surface area contributed by atoms with E-state index in [1.807, 2.05) is 6.07 Å². The molecule has 126 valence electrons. The van der Waals surface area contributed by atoms with Crippen molar-refractivity contribution in [3.8, 4) is 5.75 Å². The van der Waals surface area contributed by atoms with Gasteiger partial charge in [0, 0.05) is 6.42 Å². The molecule has 0 spiro atoms. The standard InChI is InChI=1S/C16H11F2N5OS/c17-11-5-2-6-12(14(11)18)19-15-22-23-13(20-21-16(23)25-15)8-9-3-1-4-10(24)7-9/h1-7,24H,8H2,(H,19,22). The van der Waals surface area contributed by atoms with Gasteiger partial charge in [-0.2, -0.15) is 4.52 Å². The molecular weight excluding hydrogens is 348 g/mol. The van der Waals surface area contributed by atoms with E-state index in [9.17, 15) is 13.9 Å². The molecule has 0 unspecified atom stereocenters. The van der Waals surface area contributed by atoms with Crippen LogP contribution in [0.4, 0.5) is 19.6 Å². The summed E-state index contributed by atoms with van der Waals surface area (Å²) in [5, 5.41) is 25.1. The van der Waals surface area contributed by atoms with Crippen molar-refractivity contribution in [2.45, 2.75) is 6.42 Å². The highest BCUT2D eigenvalue weighted by Crippen LogP contribution is 2.26. The predicted molar refractivity (Wildman–Crippen MR) is 89.2 cm³/mol. The molecule has 2 aromatic heterocycles. The van der Waals surface area contributed by atoms with E-state index in [1.165, 1.54) is 28.0 Å². The topological polar surface area (TPSA) is 75.3 Å². The van der Waals surface area contributed by atoms with Gasteiger partial charge < -0.3 is 10.4 Å². The summed E-state index contributed by atoms with van der Waals surface area (Å²) < 4.78 is 28.6. The maximum Gasteiger partial charge on any atom is 0.236 e. The summed E-state index contributed by atoms with van der Waals surface area (Å²) in [7, 11) is 0. The van der Waals surface area contributed by atoms with Crippen molar-refractivity contribution in [1.82, 2.24) is 19.8 Å². The molecule has 9 heteroatoms. The van der Waals surface area contributed by atoms with Crippen molar-refractivity contribution in [2.75, 3.05) is 5.32 Å². The lowest BCUT2D eigenvalue weighted by molar-refractivity contribution is 0.474. The molecule has 2 heterocycles. The molecule has 0 aliphatic rings. The summed E-state index contributed by atoms with van der Waals surface area (Å²) in [5.74, 6) is -1.16. The molecule has 0 radical (unpaired) electrons. The number of aromatic hydroxyl groups is 1. The van der Waals surface area contributed by atoms with Gasteiger partial charge in [-0.05, 0) is 29.8 Å². The number of hydrogen-bond acceptors (Lipinski definition) is 6. The number of fused-ring (bicyclic) bond motifs is 1. The number of nitrogens with one attached hydrogen (secondary N) is 1. The number of benzene rings is 2. The molecule has 0 bridgehead atoms. The van der Waals surface area contributed by atoms with Crippen LogP contribution >= 0.6 is 11.3 Å². The van der Waals surface area contributed by atoms with E-state index in [-0.39, 0.29) is 11.4 Å². The van der Waals surface area contributed by atoms with Crippen LogP contribution in [0, 0.1) is 11.6 Å². The SMILES string of the molecule is Oc1cccc(Cc2nnc3sc(Nc4cccc(F)c4F)nn23)c1. The summed E-state index contributed by atoms with van der Waals surface area (Å²) in [5.41, 5.74) is 0.854. The largest absolute Gasteiger partial charge is 0.508 e. The van der Waals surface area contributed by atoms with Crippen LogP contribution < -0.4 is 5.32 Å². The summed E-state index contributed by atoms with van der Waals surface area (Å²) in [6, 6.07) is 10.7. The fourth-order valence-electron chi connectivity index (χ4n) is 2.38. The molecule has 0 atom stereocenters. The third-order valence-corrected chi connectivity index (χ3v) is 4.34. The monoisotopic (exact) mass is 359 g/mol. The molecule has 6 nitrogen and oxygen atoms in total. The van der Waals surface area contributed by atoms with Crippen LogP contribution in [0.2, 0.25) is 0 Å². The zero-order valence-electron chi connectivity index (χ0n) is 12.6. The van der Waals surface area contributed by atoms with Crippen molar-refractivity contribution in [1.29, 1.82) is 0 Å². The number of nitrogens with zero attached hydrogens (tertiary/aromatic N) is 4. The number of hydrogen-bond donors (Lipinski definition) is 2. The van der Waals surface area contributed by atoms with E-state index >= 15 is 0 Å². The van der Waals surface area contributed by atoms with Gasteiger partial charge in [-0.1, -0.05) is 29.5 Å². The second-order valence-corrected chi connectivity index (χ2v) is 6.25. The number of phenols is 1. The van der Waals surface area contributed by atoms with Crippen LogP contribution in [0.15, 0.2) is 42.5 Å².